The largest absolute Gasteiger partial charge is 0.106 e. The highest BCUT2D eigenvalue weighted by molar-refractivity contribution is 6.25. The molecule has 0 unspecified atom stereocenters. The summed E-state index contributed by atoms with van der Waals surface area (Å²) in [4.78, 5) is -1.02. The van der Waals surface area contributed by atoms with Crippen LogP contribution in [0.15, 0.2) is 0 Å². The fraction of sp³-hybridized carbons (Fsp3) is 0.600. The van der Waals surface area contributed by atoms with E-state index in [1.165, 1.54) is 0 Å². The Balaban J connectivity index is 4.27. The molecule has 12 heavy (non-hydrogen) atoms. The van der Waals surface area contributed by atoms with E-state index in [0.29, 0.717) is 0 Å². The van der Waals surface area contributed by atoms with Gasteiger partial charge in [-0.2, -0.15) is 0 Å². The van der Waals surface area contributed by atoms with Gasteiger partial charge in [-0.3, -0.25) is 0 Å². The highest BCUT2D eigenvalue weighted by atomic mass is 35.5. The average molecular weight is 203 g/mol. The van der Waals surface area contributed by atoms with Crippen molar-refractivity contribution in [3.05, 3.63) is 0 Å². The summed E-state index contributed by atoms with van der Waals surface area (Å²) < 4.78 is 0. The van der Waals surface area contributed by atoms with Gasteiger partial charge in [0.15, 0.2) is 0 Å². The molecule has 0 fully saturated rings. The molecule has 0 saturated carbocycles. The van der Waals surface area contributed by atoms with Crippen molar-refractivity contribution in [1.29, 1.82) is 0 Å². The number of halogens is 2. The highest BCUT2D eigenvalue weighted by Gasteiger charge is 2.07. The zero-order valence-electron chi connectivity index (χ0n) is 7.76. The summed E-state index contributed by atoms with van der Waals surface area (Å²) in [5, 5.41) is 0. The monoisotopic (exact) mass is 202 g/mol. The van der Waals surface area contributed by atoms with Crippen LogP contribution in [0.5, 0.6) is 0 Å². The lowest BCUT2D eigenvalue weighted by Gasteiger charge is -2.03. The molecule has 0 aliphatic rings. The Hall–Kier alpha value is -0.300. The van der Waals surface area contributed by atoms with Crippen molar-refractivity contribution < 1.29 is 0 Å². The Morgan fingerprint density at radius 1 is 0.750 bits per heavy atom. The molecule has 0 aromatic rings. The topological polar surface area (TPSA) is 0 Å². The molecule has 0 saturated heterocycles. The predicted molar refractivity (Wildman–Crippen MR) is 55.4 cm³/mol. The van der Waals surface area contributed by atoms with Crippen LogP contribution in [-0.2, 0) is 0 Å². The maximum atomic E-state index is 5.81. The summed E-state index contributed by atoms with van der Waals surface area (Å²) in [5.41, 5.74) is 0. The maximum absolute atomic E-state index is 5.81. The van der Waals surface area contributed by atoms with Gasteiger partial charge in [0.05, 0.1) is 0 Å². The van der Waals surface area contributed by atoms with Gasteiger partial charge in [0.25, 0.3) is 0 Å². The van der Waals surface area contributed by atoms with Gasteiger partial charge >= 0.3 is 0 Å². The summed E-state index contributed by atoms with van der Waals surface area (Å²) in [6, 6.07) is 0. The van der Waals surface area contributed by atoms with Crippen molar-refractivity contribution in [2.24, 2.45) is 0 Å². The molecule has 0 aliphatic carbocycles. The molecule has 0 nitrogen and oxygen atoms in total. The molecule has 66 valence electrons. The van der Waals surface area contributed by atoms with Gasteiger partial charge in [0.2, 0.25) is 0 Å². The number of alkyl halides is 2. The molecule has 0 radical (unpaired) electrons. The fourth-order valence-corrected chi connectivity index (χ4v) is 0.454. The first-order chi connectivity index (χ1) is 5.21. The molecule has 0 rings (SSSR count). The summed E-state index contributed by atoms with van der Waals surface area (Å²) >= 11 is 11.6. The lowest BCUT2D eigenvalue weighted by atomic mass is 10.2. The van der Waals surface area contributed by atoms with Crippen LogP contribution >= 0.6 is 23.2 Å². The minimum atomic E-state index is -0.509. The normalized spacial score (nSPS) is 10.8. The standard InChI is InChI=1S/C10H12Cl2/c1-9(2,11)7-5-6-8-10(3,4)12/h1-4H3. The first-order valence-corrected chi connectivity index (χ1v) is 4.38. The first kappa shape index (κ1) is 11.7. The molecule has 0 bridgehead atoms. The van der Waals surface area contributed by atoms with Crippen LogP contribution in [0.2, 0.25) is 0 Å². The third-order valence-electron chi connectivity index (χ3n) is 0.782. The Morgan fingerprint density at radius 2 is 1.00 bits per heavy atom. The van der Waals surface area contributed by atoms with Gasteiger partial charge in [-0.1, -0.05) is 11.8 Å². The second-order valence-corrected chi connectivity index (χ2v) is 5.33. The maximum Gasteiger partial charge on any atom is 0.100 e. The van der Waals surface area contributed by atoms with Crippen LogP contribution in [0.1, 0.15) is 27.7 Å². The number of hydrogen-bond acceptors (Lipinski definition) is 0. The van der Waals surface area contributed by atoms with E-state index in [4.69, 9.17) is 23.2 Å². The Labute approximate surface area is 84.6 Å². The summed E-state index contributed by atoms with van der Waals surface area (Å²) in [5.74, 6) is 10.9. The van der Waals surface area contributed by atoms with Gasteiger partial charge in [-0.05, 0) is 39.5 Å². The van der Waals surface area contributed by atoms with Crippen LogP contribution in [0.4, 0.5) is 0 Å². The third kappa shape index (κ3) is 9.70. The molecule has 0 aliphatic heterocycles. The molecule has 0 aromatic heterocycles. The minimum Gasteiger partial charge on any atom is -0.106 e. The van der Waals surface area contributed by atoms with Crippen LogP contribution in [0.3, 0.4) is 0 Å². The molecular weight excluding hydrogens is 191 g/mol. The molecule has 0 amide bonds. The summed E-state index contributed by atoms with van der Waals surface area (Å²) in [6.45, 7) is 7.26. The van der Waals surface area contributed by atoms with Gasteiger partial charge in [0.1, 0.15) is 9.75 Å². The Kier molecular flexibility index (Phi) is 3.98. The second-order valence-electron chi connectivity index (χ2n) is 3.44. The second kappa shape index (κ2) is 4.08. The van der Waals surface area contributed by atoms with Gasteiger partial charge in [0, 0.05) is 0 Å². The van der Waals surface area contributed by atoms with Crippen molar-refractivity contribution in [1.82, 2.24) is 0 Å². The van der Waals surface area contributed by atoms with Crippen LogP contribution in [0, 0.1) is 23.7 Å². The zero-order chi connectivity index (χ0) is 9.83. The van der Waals surface area contributed by atoms with E-state index in [0.717, 1.165) is 0 Å². The van der Waals surface area contributed by atoms with Crippen molar-refractivity contribution in [3.8, 4) is 23.7 Å². The molecule has 2 heteroatoms. The van der Waals surface area contributed by atoms with E-state index < -0.39 is 9.75 Å². The van der Waals surface area contributed by atoms with Crippen LogP contribution in [-0.4, -0.2) is 9.75 Å². The van der Waals surface area contributed by atoms with Crippen molar-refractivity contribution in [2.75, 3.05) is 0 Å². The lowest BCUT2D eigenvalue weighted by Crippen LogP contribution is -2.05. The Bertz CT molecular complexity index is 225. The fourth-order valence-electron chi connectivity index (χ4n) is 0.360. The van der Waals surface area contributed by atoms with Gasteiger partial charge in [-0.25, -0.2) is 0 Å². The SMILES string of the molecule is CC(C)(Cl)C#CC#CC(C)(C)Cl. The quantitative estimate of drug-likeness (QED) is 0.419. The highest BCUT2D eigenvalue weighted by Crippen LogP contribution is 2.10. The lowest BCUT2D eigenvalue weighted by molar-refractivity contribution is 0.915. The zero-order valence-corrected chi connectivity index (χ0v) is 9.27. The number of hydrogen-bond donors (Lipinski definition) is 0. The van der Waals surface area contributed by atoms with Crippen molar-refractivity contribution >= 4 is 23.2 Å². The van der Waals surface area contributed by atoms with E-state index in [1.54, 1.807) is 0 Å². The first-order valence-electron chi connectivity index (χ1n) is 3.63. The molecule has 0 heterocycles. The van der Waals surface area contributed by atoms with Gasteiger partial charge in [-0.15, -0.1) is 23.2 Å². The van der Waals surface area contributed by atoms with E-state index in [2.05, 4.69) is 23.7 Å². The molecule has 0 atom stereocenters. The van der Waals surface area contributed by atoms with E-state index >= 15 is 0 Å². The van der Waals surface area contributed by atoms with E-state index in [1.807, 2.05) is 27.7 Å². The van der Waals surface area contributed by atoms with Crippen LogP contribution < -0.4 is 0 Å². The van der Waals surface area contributed by atoms with E-state index in [9.17, 15) is 0 Å². The summed E-state index contributed by atoms with van der Waals surface area (Å²) in [7, 11) is 0. The predicted octanol–water partition coefficient (Wildman–Crippen LogP) is 3.03. The molecular formula is C10H12Cl2. The van der Waals surface area contributed by atoms with Crippen molar-refractivity contribution in [3.63, 3.8) is 0 Å². The van der Waals surface area contributed by atoms with E-state index in [-0.39, 0.29) is 0 Å². The third-order valence-corrected chi connectivity index (χ3v) is 0.971. The number of rotatable bonds is 0. The molecule has 0 spiro atoms. The summed E-state index contributed by atoms with van der Waals surface area (Å²) in [6.07, 6.45) is 0. The minimum absolute atomic E-state index is 0.509. The molecule has 0 N–H and O–H groups in total. The average Bonchev–Trinajstić information content (AvgIpc) is 1.76. The van der Waals surface area contributed by atoms with Crippen LogP contribution in [0.25, 0.3) is 0 Å². The van der Waals surface area contributed by atoms with Crippen molar-refractivity contribution in [2.45, 2.75) is 37.4 Å². The van der Waals surface area contributed by atoms with Gasteiger partial charge < -0.3 is 0 Å². The molecule has 0 aromatic carbocycles. The Morgan fingerprint density at radius 3 is 1.17 bits per heavy atom. The smallest absolute Gasteiger partial charge is 0.100 e.